The molecule has 0 aliphatic heterocycles. The number of nitrogens with zero attached hydrogens (tertiary/aromatic N) is 1. The molecule has 1 heterocycles. The molecule has 2 saturated carbocycles. The number of sulfonamides is 1. The number of thiazole rings is 1. The SMILES string of the molecule is CCCOC1CCC(C(CCC(=O)Nc2ncc(S(=O)(=O)NCC(=O)O)s2)CC2CCCCC2)CC1. The molecule has 1 amide bonds. The maximum absolute atomic E-state index is 12.7. The van der Waals surface area contributed by atoms with Gasteiger partial charge in [0.25, 0.3) is 10.0 Å². The van der Waals surface area contributed by atoms with E-state index in [0.717, 1.165) is 68.6 Å². The fraction of sp³-hybridized carbons (Fsp3) is 0.800. The van der Waals surface area contributed by atoms with E-state index in [9.17, 15) is 18.0 Å². The summed E-state index contributed by atoms with van der Waals surface area (Å²) in [6, 6.07) is 0. The minimum atomic E-state index is -3.97. The summed E-state index contributed by atoms with van der Waals surface area (Å²) in [6.45, 7) is 2.26. The zero-order valence-electron chi connectivity index (χ0n) is 21.2. The third kappa shape index (κ3) is 9.39. The number of aliphatic carboxylic acids is 1. The highest BCUT2D eigenvalue weighted by Crippen LogP contribution is 2.40. The minimum absolute atomic E-state index is 0.128. The number of carbonyl (C=O) groups is 2. The van der Waals surface area contributed by atoms with Crippen LogP contribution in [-0.2, 0) is 24.3 Å². The minimum Gasteiger partial charge on any atom is -0.480 e. The normalized spacial score (nSPS) is 22.2. The molecule has 2 fully saturated rings. The average Bonchev–Trinajstić information content (AvgIpc) is 3.34. The van der Waals surface area contributed by atoms with Crippen LogP contribution in [0.3, 0.4) is 0 Å². The molecule has 1 unspecified atom stereocenters. The molecule has 2 aliphatic rings. The van der Waals surface area contributed by atoms with Gasteiger partial charge in [-0.05, 0) is 62.7 Å². The summed E-state index contributed by atoms with van der Waals surface area (Å²) >= 11 is 0.817. The van der Waals surface area contributed by atoms with Crippen molar-refractivity contribution in [3.05, 3.63) is 6.20 Å². The van der Waals surface area contributed by atoms with Crippen molar-refractivity contribution in [1.29, 1.82) is 0 Å². The first kappa shape index (κ1) is 29.0. The van der Waals surface area contributed by atoms with Crippen LogP contribution >= 0.6 is 11.3 Å². The second kappa shape index (κ2) is 14.4. The van der Waals surface area contributed by atoms with Gasteiger partial charge in [0.1, 0.15) is 6.54 Å². The van der Waals surface area contributed by atoms with Crippen molar-refractivity contribution >= 4 is 38.4 Å². The van der Waals surface area contributed by atoms with Gasteiger partial charge in [-0.1, -0.05) is 50.4 Å². The second-order valence-corrected chi connectivity index (χ2v) is 13.2. The van der Waals surface area contributed by atoms with Crippen LogP contribution in [0, 0.1) is 17.8 Å². The number of amides is 1. The van der Waals surface area contributed by atoms with E-state index in [1.165, 1.54) is 38.5 Å². The largest absolute Gasteiger partial charge is 0.480 e. The van der Waals surface area contributed by atoms with Gasteiger partial charge in [-0.3, -0.25) is 9.59 Å². The van der Waals surface area contributed by atoms with Gasteiger partial charge in [0.05, 0.1) is 12.3 Å². The molecule has 2 aliphatic carbocycles. The van der Waals surface area contributed by atoms with Crippen LogP contribution in [0.1, 0.15) is 90.4 Å². The molecule has 0 saturated heterocycles. The zero-order chi connectivity index (χ0) is 26.0. The summed E-state index contributed by atoms with van der Waals surface area (Å²) in [5.74, 6) is 0.448. The summed E-state index contributed by atoms with van der Waals surface area (Å²) in [7, 11) is -3.97. The molecule has 3 rings (SSSR count). The first-order chi connectivity index (χ1) is 17.3. The highest BCUT2D eigenvalue weighted by Gasteiger charge is 2.30. The summed E-state index contributed by atoms with van der Waals surface area (Å²) in [4.78, 5) is 27.4. The van der Waals surface area contributed by atoms with Gasteiger partial charge in [-0.15, -0.1) is 0 Å². The number of hydrogen-bond donors (Lipinski definition) is 3. The van der Waals surface area contributed by atoms with Crippen molar-refractivity contribution in [3.8, 4) is 0 Å². The Kier molecular flexibility index (Phi) is 11.6. The molecule has 1 aromatic heterocycles. The standard InChI is InChI=1S/C25H41N3O6S2/c1-2-14-34-21-11-8-19(9-12-21)20(15-18-6-4-3-5-7-18)10-13-22(29)28-25-26-17-24(35-25)36(32,33)27-16-23(30)31/h17-21,27H,2-16H2,1H3,(H,30,31)(H,26,28,29). The van der Waals surface area contributed by atoms with Gasteiger partial charge in [0.15, 0.2) is 9.34 Å². The fourth-order valence-electron chi connectivity index (χ4n) is 5.58. The summed E-state index contributed by atoms with van der Waals surface area (Å²) in [6.07, 6.45) is 16.0. The lowest BCUT2D eigenvalue weighted by atomic mass is 9.71. The van der Waals surface area contributed by atoms with Crippen LogP contribution < -0.4 is 10.0 Å². The maximum atomic E-state index is 12.7. The van der Waals surface area contributed by atoms with Crippen LogP contribution in [0.25, 0.3) is 0 Å². The molecule has 1 aromatic rings. The zero-order valence-corrected chi connectivity index (χ0v) is 22.9. The summed E-state index contributed by atoms with van der Waals surface area (Å²) in [5, 5.41) is 11.6. The molecule has 0 bridgehead atoms. The lowest BCUT2D eigenvalue weighted by molar-refractivity contribution is -0.135. The number of rotatable bonds is 14. The van der Waals surface area contributed by atoms with E-state index >= 15 is 0 Å². The Morgan fingerprint density at radius 3 is 2.56 bits per heavy atom. The number of nitrogens with one attached hydrogen (secondary N) is 2. The molecule has 0 aromatic carbocycles. The Hall–Kier alpha value is -1.56. The first-order valence-corrected chi connectivity index (χ1v) is 15.7. The number of carbonyl (C=O) groups excluding carboxylic acids is 1. The van der Waals surface area contributed by atoms with Gasteiger partial charge in [0.2, 0.25) is 5.91 Å². The maximum Gasteiger partial charge on any atom is 0.318 e. The predicted molar refractivity (Wildman–Crippen MR) is 139 cm³/mol. The Labute approximate surface area is 218 Å². The first-order valence-electron chi connectivity index (χ1n) is 13.4. The Bertz CT molecular complexity index is 937. The molecule has 204 valence electrons. The fourth-order valence-corrected chi connectivity index (χ4v) is 7.64. The Morgan fingerprint density at radius 2 is 1.89 bits per heavy atom. The van der Waals surface area contributed by atoms with Gasteiger partial charge in [-0.25, -0.2) is 13.4 Å². The van der Waals surface area contributed by atoms with Crippen LogP contribution in [-0.4, -0.2) is 49.6 Å². The second-order valence-electron chi connectivity index (χ2n) is 10.2. The van der Waals surface area contributed by atoms with Gasteiger partial charge in [-0.2, -0.15) is 4.72 Å². The van der Waals surface area contributed by atoms with Crippen molar-refractivity contribution < 1.29 is 27.9 Å². The quantitative estimate of drug-likeness (QED) is 0.307. The van der Waals surface area contributed by atoms with E-state index in [1.54, 1.807) is 0 Å². The number of carboxylic acid groups (broad SMARTS) is 1. The highest BCUT2D eigenvalue weighted by atomic mass is 32.2. The van der Waals surface area contributed by atoms with Crippen LogP contribution in [0.15, 0.2) is 10.4 Å². The van der Waals surface area contributed by atoms with Crippen LogP contribution in [0.5, 0.6) is 0 Å². The summed E-state index contributed by atoms with van der Waals surface area (Å²) in [5.41, 5.74) is 0. The number of ether oxygens (including phenoxy) is 1. The third-order valence-electron chi connectivity index (χ3n) is 7.46. The van der Waals surface area contributed by atoms with E-state index in [2.05, 4.69) is 17.2 Å². The van der Waals surface area contributed by atoms with E-state index < -0.39 is 22.5 Å². The van der Waals surface area contributed by atoms with Gasteiger partial charge in [0, 0.05) is 13.0 Å². The number of hydrogen-bond acceptors (Lipinski definition) is 7. The lowest BCUT2D eigenvalue weighted by Crippen LogP contribution is -2.28. The van der Waals surface area contributed by atoms with Crippen molar-refractivity contribution in [1.82, 2.24) is 9.71 Å². The third-order valence-corrected chi connectivity index (χ3v) is 10.2. The van der Waals surface area contributed by atoms with Gasteiger partial charge >= 0.3 is 5.97 Å². The predicted octanol–water partition coefficient (Wildman–Crippen LogP) is 4.80. The number of carboxylic acids is 1. The van der Waals surface area contributed by atoms with Crippen molar-refractivity contribution in [2.75, 3.05) is 18.5 Å². The molecule has 0 spiro atoms. The Morgan fingerprint density at radius 1 is 1.17 bits per heavy atom. The molecule has 3 N–H and O–H groups in total. The molecule has 11 heteroatoms. The van der Waals surface area contributed by atoms with Crippen LogP contribution in [0.2, 0.25) is 0 Å². The smallest absolute Gasteiger partial charge is 0.318 e. The van der Waals surface area contributed by atoms with E-state index in [1.807, 2.05) is 4.72 Å². The topological polar surface area (TPSA) is 135 Å². The number of anilines is 1. The lowest BCUT2D eigenvalue weighted by Gasteiger charge is -2.36. The molecular formula is C25H41N3O6S2. The van der Waals surface area contributed by atoms with E-state index in [0.29, 0.717) is 24.4 Å². The molecule has 36 heavy (non-hydrogen) atoms. The van der Waals surface area contributed by atoms with Crippen molar-refractivity contribution in [2.24, 2.45) is 17.8 Å². The van der Waals surface area contributed by atoms with Gasteiger partial charge < -0.3 is 15.2 Å². The van der Waals surface area contributed by atoms with E-state index in [4.69, 9.17) is 9.84 Å². The monoisotopic (exact) mass is 543 g/mol. The van der Waals surface area contributed by atoms with E-state index in [-0.39, 0.29) is 15.2 Å². The Balaban J connectivity index is 1.53. The van der Waals surface area contributed by atoms with Crippen molar-refractivity contribution in [2.45, 2.75) is 101 Å². The highest BCUT2D eigenvalue weighted by molar-refractivity contribution is 7.91. The average molecular weight is 544 g/mol. The summed E-state index contributed by atoms with van der Waals surface area (Å²) < 4.78 is 32.2. The van der Waals surface area contributed by atoms with Crippen molar-refractivity contribution in [3.63, 3.8) is 0 Å². The van der Waals surface area contributed by atoms with Crippen LogP contribution in [0.4, 0.5) is 5.13 Å². The molecule has 1 atom stereocenters. The molecule has 0 radical (unpaired) electrons. The molecule has 9 nitrogen and oxygen atoms in total. The molecular weight excluding hydrogens is 502 g/mol. The number of aromatic nitrogens is 1.